The Morgan fingerprint density at radius 1 is 1.19 bits per heavy atom. The zero-order valence-corrected chi connectivity index (χ0v) is 12.3. The van der Waals surface area contributed by atoms with Gasteiger partial charge in [-0.15, -0.1) is 0 Å². The van der Waals surface area contributed by atoms with Crippen molar-refractivity contribution in [3.8, 4) is 5.75 Å². The molecule has 0 atom stereocenters. The van der Waals surface area contributed by atoms with Gasteiger partial charge in [0.1, 0.15) is 5.75 Å². The van der Waals surface area contributed by atoms with Crippen LogP contribution in [0.25, 0.3) is 0 Å². The Hall–Kier alpha value is -1.75. The molecule has 21 heavy (non-hydrogen) atoms. The van der Waals surface area contributed by atoms with Crippen molar-refractivity contribution in [2.24, 2.45) is 0 Å². The Balaban J connectivity index is 1.51. The number of hydrogen-bond donors (Lipinski definition) is 3. The van der Waals surface area contributed by atoms with Crippen molar-refractivity contribution in [3.63, 3.8) is 0 Å². The van der Waals surface area contributed by atoms with Crippen LogP contribution < -0.4 is 15.4 Å². The highest BCUT2D eigenvalue weighted by atomic mass is 16.5. The molecule has 5 nitrogen and oxygen atoms in total. The van der Waals surface area contributed by atoms with E-state index in [0.29, 0.717) is 19.7 Å². The van der Waals surface area contributed by atoms with Gasteiger partial charge in [0.25, 0.3) is 0 Å². The first-order valence-corrected chi connectivity index (χ1v) is 7.60. The van der Waals surface area contributed by atoms with Crippen LogP contribution in [0.15, 0.2) is 30.3 Å². The molecular formula is C16H24N2O3. The molecule has 5 heteroatoms. The summed E-state index contributed by atoms with van der Waals surface area (Å²) in [6.07, 6.45) is 4.37. The molecule has 1 aromatic carbocycles. The molecule has 0 heterocycles. The van der Waals surface area contributed by atoms with E-state index in [1.165, 1.54) is 0 Å². The summed E-state index contributed by atoms with van der Waals surface area (Å²) in [6, 6.07) is 9.38. The van der Waals surface area contributed by atoms with Crippen molar-refractivity contribution in [3.05, 3.63) is 30.3 Å². The number of carbonyl (C=O) groups excluding carboxylic acids is 1. The van der Waals surface area contributed by atoms with E-state index in [0.717, 1.165) is 37.9 Å². The summed E-state index contributed by atoms with van der Waals surface area (Å²) in [6.45, 7) is 1.45. The summed E-state index contributed by atoms with van der Waals surface area (Å²) in [7, 11) is 0. The average molecular weight is 292 g/mol. The summed E-state index contributed by atoms with van der Waals surface area (Å²) < 4.78 is 5.53. The summed E-state index contributed by atoms with van der Waals surface area (Å²) in [5.41, 5.74) is -0.701. The first-order chi connectivity index (χ1) is 10.2. The van der Waals surface area contributed by atoms with E-state index in [-0.39, 0.29) is 6.03 Å². The molecule has 0 spiro atoms. The van der Waals surface area contributed by atoms with Crippen molar-refractivity contribution in [2.45, 2.75) is 37.7 Å². The minimum absolute atomic E-state index is 0.227. The lowest BCUT2D eigenvalue weighted by Gasteiger charge is -2.22. The number of benzene rings is 1. The van der Waals surface area contributed by atoms with Crippen molar-refractivity contribution >= 4 is 6.03 Å². The smallest absolute Gasteiger partial charge is 0.314 e. The number of carbonyl (C=O) groups is 1. The molecule has 0 saturated heterocycles. The largest absolute Gasteiger partial charge is 0.494 e. The van der Waals surface area contributed by atoms with Gasteiger partial charge in [-0.05, 0) is 31.4 Å². The van der Waals surface area contributed by atoms with E-state index in [9.17, 15) is 9.90 Å². The van der Waals surface area contributed by atoms with Gasteiger partial charge in [-0.1, -0.05) is 31.0 Å². The zero-order valence-electron chi connectivity index (χ0n) is 12.3. The maximum atomic E-state index is 11.6. The van der Waals surface area contributed by atoms with E-state index < -0.39 is 5.60 Å². The number of aliphatic hydroxyl groups is 1. The van der Waals surface area contributed by atoms with E-state index in [1.54, 1.807) is 0 Å². The van der Waals surface area contributed by atoms with Gasteiger partial charge in [0.15, 0.2) is 0 Å². The van der Waals surface area contributed by atoms with Crippen LogP contribution in [0.2, 0.25) is 0 Å². The lowest BCUT2D eigenvalue weighted by Crippen LogP contribution is -2.45. The molecule has 0 aromatic heterocycles. The summed E-state index contributed by atoms with van der Waals surface area (Å²) in [5.74, 6) is 0.838. The van der Waals surface area contributed by atoms with Crippen LogP contribution >= 0.6 is 0 Å². The molecule has 1 saturated carbocycles. The third-order valence-electron chi connectivity index (χ3n) is 3.73. The molecular weight excluding hydrogens is 268 g/mol. The van der Waals surface area contributed by atoms with Crippen LogP contribution in [-0.2, 0) is 0 Å². The maximum Gasteiger partial charge on any atom is 0.314 e. The highest BCUT2D eigenvalue weighted by Crippen LogP contribution is 2.28. The molecule has 0 bridgehead atoms. The molecule has 2 amide bonds. The Morgan fingerprint density at radius 2 is 1.90 bits per heavy atom. The topological polar surface area (TPSA) is 70.6 Å². The third kappa shape index (κ3) is 5.63. The number of amides is 2. The second-order valence-electron chi connectivity index (χ2n) is 5.56. The van der Waals surface area contributed by atoms with Crippen molar-refractivity contribution in [1.29, 1.82) is 0 Å². The highest BCUT2D eigenvalue weighted by Gasteiger charge is 2.31. The predicted molar refractivity (Wildman–Crippen MR) is 81.4 cm³/mol. The molecule has 1 aromatic rings. The van der Waals surface area contributed by atoms with E-state index in [1.807, 2.05) is 30.3 Å². The second-order valence-corrected chi connectivity index (χ2v) is 5.56. The van der Waals surface area contributed by atoms with Gasteiger partial charge in [0.05, 0.1) is 12.2 Å². The van der Waals surface area contributed by atoms with Crippen LogP contribution in [0, 0.1) is 0 Å². The van der Waals surface area contributed by atoms with Crippen molar-refractivity contribution in [1.82, 2.24) is 10.6 Å². The molecule has 0 aliphatic heterocycles. The minimum Gasteiger partial charge on any atom is -0.494 e. The van der Waals surface area contributed by atoms with Gasteiger partial charge in [0.2, 0.25) is 0 Å². The lowest BCUT2D eigenvalue weighted by atomic mass is 10.0. The summed E-state index contributed by atoms with van der Waals surface area (Å²) >= 11 is 0. The Morgan fingerprint density at radius 3 is 2.62 bits per heavy atom. The minimum atomic E-state index is -0.701. The van der Waals surface area contributed by atoms with E-state index in [4.69, 9.17) is 4.74 Å². The predicted octanol–water partition coefficient (Wildman–Crippen LogP) is 2.06. The van der Waals surface area contributed by atoms with E-state index in [2.05, 4.69) is 10.6 Å². The Kier molecular flexibility index (Phi) is 5.87. The van der Waals surface area contributed by atoms with Gasteiger partial charge in [-0.25, -0.2) is 4.79 Å². The van der Waals surface area contributed by atoms with Gasteiger partial charge in [-0.3, -0.25) is 0 Å². The van der Waals surface area contributed by atoms with Crippen LogP contribution in [0.5, 0.6) is 5.75 Å². The van der Waals surface area contributed by atoms with Gasteiger partial charge >= 0.3 is 6.03 Å². The fraction of sp³-hybridized carbons (Fsp3) is 0.562. The van der Waals surface area contributed by atoms with Crippen LogP contribution in [0.1, 0.15) is 32.1 Å². The van der Waals surface area contributed by atoms with Gasteiger partial charge in [-0.2, -0.15) is 0 Å². The summed E-state index contributed by atoms with van der Waals surface area (Å²) in [5, 5.41) is 15.6. The normalized spacial score (nSPS) is 16.4. The molecule has 2 rings (SSSR count). The first kappa shape index (κ1) is 15.6. The average Bonchev–Trinajstić information content (AvgIpc) is 2.93. The quantitative estimate of drug-likeness (QED) is 0.674. The molecule has 3 N–H and O–H groups in total. The number of hydrogen-bond acceptors (Lipinski definition) is 3. The van der Waals surface area contributed by atoms with Crippen LogP contribution in [0.4, 0.5) is 4.79 Å². The first-order valence-electron chi connectivity index (χ1n) is 7.60. The third-order valence-corrected chi connectivity index (χ3v) is 3.73. The lowest BCUT2D eigenvalue weighted by molar-refractivity contribution is 0.0501. The number of nitrogens with one attached hydrogen (secondary N) is 2. The molecule has 1 fully saturated rings. The van der Waals surface area contributed by atoms with Crippen molar-refractivity contribution in [2.75, 3.05) is 19.7 Å². The zero-order chi connectivity index (χ0) is 15.0. The molecule has 1 aliphatic carbocycles. The monoisotopic (exact) mass is 292 g/mol. The van der Waals surface area contributed by atoms with Crippen LogP contribution in [0.3, 0.4) is 0 Å². The van der Waals surface area contributed by atoms with Crippen LogP contribution in [-0.4, -0.2) is 36.4 Å². The standard InChI is InChI=1S/C16H24N2O3/c19-15(18-13-16(20)9-4-5-10-16)17-11-6-12-21-14-7-2-1-3-8-14/h1-3,7-8,20H,4-6,9-13H2,(H2,17,18,19). The van der Waals surface area contributed by atoms with Gasteiger partial charge < -0.3 is 20.5 Å². The molecule has 116 valence electrons. The maximum absolute atomic E-state index is 11.6. The van der Waals surface area contributed by atoms with E-state index >= 15 is 0 Å². The highest BCUT2D eigenvalue weighted by molar-refractivity contribution is 5.73. The fourth-order valence-electron chi connectivity index (χ4n) is 2.50. The Bertz CT molecular complexity index is 430. The summed E-state index contributed by atoms with van der Waals surface area (Å²) in [4.78, 5) is 11.6. The second kappa shape index (κ2) is 7.88. The number of ether oxygens (including phenoxy) is 1. The molecule has 0 radical (unpaired) electrons. The molecule has 0 unspecified atom stereocenters. The number of urea groups is 1. The Labute approximate surface area is 125 Å². The fourth-order valence-corrected chi connectivity index (χ4v) is 2.50. The SMILES string of the molecule is O=C(NCCCOc1ccccc1)NCC1(O)CCCC1. The van der Waals surface area contributed by atoms with Gasteiger partial charge in [0, 0.05) is 13.1 Å². The molecule has 1 aliphatic rings. The van der Waals surface area contributed by atoms with Crippen molar-refractivity contribution < 1.29 is 14.6 Å². The number of para-hydroxylation sites is 1. The number of rotatable bonds is 7.